The average Bonchev–Trinajstić information content (AvgIpc) is 2.37. The maximum Gasteiger partial charge on any atom is 0.255 e. The zero-order valence-corrected chi connectivity index (χ0v) is 12.4. The third-order valence-electron chi connectivity index (χ3n) is 3.02. The van der Waals surface area contributed by atoms with E-state index < -0.39 is 0 Å². The van der Waals surface area contributed by atoms with Crippen LogP contribution >= 0.6 is 15.9 Å². The molecule has 3 nitrogen and oxygen atoms in total. The number of halogens is 1. The number of carbonyl (C=O) groups excluding carboxylic acids is 1. The zero-order valence-electron chi connectivity index (χ0n) is 10.8. The van der Waals surface area contributed by atoms with Crippen LogP contribution in [0.25, 0.3) is 0 Å². The molecule has 98 valence electrons. The molecule has 0 unspecified atom stereocenters. The standard InChI is InChI=1S/C15H15BrN2O/c1-9-3-5-12(7-10(9)2)18-15(19)11-4-6-13(16)14(17)8-11/h3-8H,17H2,1-2H3,(H,18,19). The minimum Gasteiger partial charge on any atom is -0.398 e. The van der Waals surface area contributed by atoms with Gasteiger partial charge in [0, 0.05) is 21.4 Å². The summed E-state index contributed by atoms with van der Waals surface area (Å²) in [6.45, 7) is 4.05. The Bertz CT molecular complexity index is 638. The number of carbonyl (C=O) groups is 1. The van der Waals surface area contributed by atoms with Crippen LogP contribution < -0.4 is 11.1 Å². The van der Waals surface area contributed by atoms with Crippen molar-refractivity contribution in [2.24, 2.45) is 0 Å². The van der Waals surface area contributed by atoms with E-state index in [-0.39, 0.29) is 5.91 Å². The number of anilines is 2. The predicted molar refractivity (Wildman–Crippen MR) is 82.4 cm³/mol. The summed E-state index contributed by atoms with van der Waals surface area (Å²) in [5.41, 5.74) is 9.99. The van der Waals surface area contributed by atoms with E-state index in [1.165, 1.54) is 5.56 Å². The molecule has 0 heterocycles. The number of aryl methyl sites for hydroxylation is 2. The molecule has 19 heavy (non-hydrogen) atoms. The van der Waals surface area contributed by atoms with Gasteiger partial charge in [-0.3, -0.25) is 4.79 Å². The maximum absolute atomic E-state index is 12.1. The Hall–Kier alpha value is -1.81. The van der Waals surface area contributed by atoms with Crippen LogP contribution in [0.3, 0.4) is 0 Å². The van der Waals surface area contributed by atoms with Gasteiger partial charge in [0.15, 0.2) is 0 Å². The Labute approximate surface area is 121 Å². The number of nitrogens with one attached hydrogen (secondary N) is 1. The van der Waals surface area contributed by atoms with Crippen molar-refractivity contribution in [2.75, 3.05) is 11.1 Å². The fraction of sp³-hybridized carbons (Fsp3) is 0.133. The second-order valence-corrected chi connectivity index (χ2v) is 5.34. The number of hydrogen-bond donors (Lipinski definition) is 2. The van der Waals surface area contributed by atoms with Crippen molar-refractivity contribution in [3.63, 3.8) is 0 Å². The van der Waals surface area contributed by atoms with Gasteiger partial charge in [0.1, 0.15) is 0 Å². The summed E-state index contributed by atoms with van der Waals surface area (Å²) in [6, 6.07) is 11.0. The molecule has 0 saturated heterocycles. The molecule has 2 aromatic carbocycles. The monoisotopic (exact) mass is 318 g/mol. The van der Waals surface area contributed by atoms with Crippen molar-refractivity contribution in [1.29, 1.82) is 0 Å². The van der Waals surface area contributed by atoms with Crippen LogP contribution in [0, 0.1) is 13.8 Å². The first-order valence-corrected chi connectivity index (χ1v) is 6.70. The quantitative estimate of drug-likeness (QED) is 0.825. The molecular weight excluding hydrogens is 304 g/mol. The van der Waals surface area contributed by atoms with Gasteiger partial charge >= 0.3 is 0 Å². The molecule has 0 aliphatic rings. The van der Waals surface area contributed by atoms with E-state index in [2.05, 4.69) is 21.2 Å². The van der Waals surface area contributed by atoms with Crippen LogP contribution in [0.1, 0.15) is 21.5 Å². The summed E-state index contributed by atoms with van der Waals surface area (Å²) in [6.07, 6.45) is 0. The highest BCUT2D eigenvalue weighted by Crippen LogP contribution is 2.21. The number of amides is 1. The van der Waals surface area contributed by atoms with E-state index in [1.807, 2.05) is 32.0 Å². The van der Waals surface area contributed by atoms with Crippen LogP contribution in [0.4, 0.5) is 11.4 Å². The van der Waals surface area contributed by atoms with Crippen LogP contribution in [-0.4, -0.2) is 5.91 Å². The fourth-order valence-corrected chi connectivity index (χ4v) is 1.95. The van der Waals surface area contributed by atoms with Gasteiger partial charge in [-0.25, -0.2) is 0 Å². The SMILES string of the molecule is Cc1ccc(NC(=O)c2ccc(Br)c(N)c2)cc1C. The summed E-state index contributed by atoms with van der Waals surface area (Å²) in [5.74, 6) is -0.164. The molecule has 1 amide bonds. The van der Waals surface area contributed by atoms with Crippen molar-refractivity contribution >= 4 is 33.2 Å². The third-order valence-corrected chi connectivity index (χ3v) is 3.75. The van der Waals surface area contributed by atoms with Crippen molar-refractivity contribution < 1.29 is 4.79 Å². The topological polar surface area (TPSA) is 55.1 Å². The molecule has 0 atom stereocenters. The molecule has 2 aromatic rings. The molecule has 3 N–H and O–H groups in total. The first kappa shape index (κ1) is 13.6. The molecule has 0 bridgehead atoms. The highest BCUT2D eigenvalue weighted by Gasteiger charge is 2.08. The minimum atomic E-state index is -0.164. The molecule has 0 saturated carbocycles. The van der Waals surface area contributed by atoms with Crippen molar-refractivity contribution in [3.05, 3.63) is 57.6 Å². The highest BCUT2D eigenvalue weighted by atomic mass is 79.9. The van der Waals surface area contributed by atoms with E-state index >= 15 is 0 Å². The van der Waals surface area contributed by atoms with E-state index in [9.17, 15) is 4.79 Å². The van der Waals surface area contributed by atoms with E-state index in [4.69, 9.17) is 5.73 Å². The Kier molecular flexibility index (Phi) is 3.90. The third kappa shape index (κ3) is 3.15. The molecule has 0 spiro atoms. The van der Waals surface area contributed by atoms with E-state index in [0.29, 0.717) is 11.3 Å². The largest absolute Gasteiger partial charge is 0.398 e. The Morgan fingerprint density at radius 1 is 1.11 bits per heavy atom. The highest BCUT2D eigenvalue weighted by molar-refractivity contribution is 9.10. The lowest BCUT2D eigenvalue weighted by atomic mass is 10.1. The Morgan fingerprint density at radius 2 is 1.84 bits per heavy atom. The first-order chi connectivity index (χ1) is 8.97. The van der Waals surface area contributed by atoms with Gasteiger partial charge in [-0.2, -0.15) is 0 Å². The second kappa shape index (κ2) is 5.45. The zero-order chi connectivity index (χ0) is 14.0. The number of nitrogen functional groups attached to an aromatic ring is 1. The second-order valence-electron chi connectivity index (χ2n) is 4.49. The van der Waals surface area contributed by atoms with Crippen LogP contribution in [0.5, 0.6) is 0 Å². The molecular formula is C15H15BrN2O. The van der Waals surface area contributed by atoms with Gasteiger partial charge in [-0.05, 0) is 71.2 Å². The van der Waals surface area contributed by atoms with Crippen molar-refractivity contribution in [2.45, 2.75) is 13.8 Å². The fourth-order valence-electron chi connectivity index (χ4n) is 1.71. The van der Waals surface area contributed by atoms with Crippen molar-refractivity contribution in [1.82, 2.24) is 0 Å². The smallest absolute Gasteiger partial charge is 0.255 e. The Balaban J connectivity index is 2.20. The van der Waals surface area contributed by atoms with Gasteiger partial charge in [-0.15, -0.1) is 0 Å². The lowest BCUT2D eigenvalue weighted by Gasteiger charge is -2.08. The molecule has 2 rings (SSSR count). The normalized spacial score (nSPS) is 10.3. The van der Waals surface area contributed by atoms with Gasteiger partial charge < -0.3 is 11.1 Å². The van der Waals surface area contributed by atoms with Crippen LogP contribution in [-0.2, 0) is 0 Å². The van der Waals surface area contributed by atoms with Crippen molar-refractivity contribution in [3.8, 4) is 0 Å². The minimum absolute atomic E-state index is 0.164. The lowest BCUT2D eigenvalue weighted by molar-refractivity contribution is 0.102. The molecule has 0 aliphatic heterocycles. The molecule has 0 radical (unpaired) electrons. The number of benzene rings is 2. The summed E-state index contributed by atoms with van der Waals surface area (Å²) in [7, 11) is 0. The lowest BCUT2D eigenvalue weighted by Crippen LogP contribution is -2.12. The molecule has 0 aliphatic carbocycles. The number of rotatable bonds is 2. The number of hydrogen-bond acceptors (Lipinski definition) is 2. The Morgan fingerprint density at radius 3 is 2.47 bits per heavy atom. The predicted octanol–water partition coefficient (Wildman–Crippen LogP) is 3.90. The van der Waals surface area contributed by atoms with Gasteiger partial charge in [0.25, 0.3) is 5.91 Å². The first-order valence-electron chi connectivity index (χ1n) is 5.91. The van der Waals surface area contributed by atoms with Crippen LogP contribution in [0.2, 0.25) is 0 Å². The molecule has 0 fully saturated rings. The van der Waals surface area contributed by atoms with Gasteiger partial charge in [-0.1, -0.05) is 6.07 Å². The van der Waals surface area contributed by atoms with Gasteiger partial charge in [0.2, 0.25) is 0 Å². The average molecular weight is 319 g/mol. The van der Waals surface area contributed by atoms with E-state index in [1.54, 1.807) is 18.2 Å². The molecule has 4 heteroatoms. The summed E-state index contributed by atoms with van der Waals surface area (Å²) in [4.78, 5) is 12.1. The van der Waals surface area contributed by atoms with Crippen LogP contribution in [0.15, 0.2) is 40.9 Å². The maximum atomic E-state index is 12.1. The van der Waals surface area contributed by atoms with Gasteiger partial charge in [0.05, 0.1) is 0 Å². The molecule has 0 aromatic heterocycles. The van der Waals surface area contributed by atoms with E-state index in [0.717, 1.165) is 15.7 Å². The summed E-state index contributed by atoms with van der Waals surface area (Å²) >= 11 is 3.31. The summed E-state index contributed by atoms with van der Waals surface area (Å²) < 4.78 is 0.787. The summed E-state index contributed by atoms with van der Waals surface area (Å²) in [5, 5.41) is 2.86. The number of nitrogens with two attached hydrogens (primary N) is 1.